The van der Waals surface area contributed by atoms with E-state index in [0.717, 1.165) is 18.9 Å². The van der Waals surface area contributed by atoms with Crippen molar-refractivity contribution in [1.82, 2.24) is 15.0 Å². The Morgan fingerprint density at radius 1 is 0.909 bits per heavy atom. The first-order valence-corrected chi connectivity index (χ1v) is 12.4. The Labute approximate surface area is 192 Å². The number of nitrogens with zero attached hydrogens (tertiary/aromatic N) is 3. The van der Waals surface area contributed by atoms with E-state index < -0.39 is 21.8 Å². The summed E-state index contributed by atoms with van der Waals surface area (Å²) < 4.78 is 27.7. The predicted octanol–water partition coefficient (Wildman–Crippen LogP) is 2.35. The van der Waals surface area contributed by atoms with E-state index in [4.69, 9.17) is 4.74 Å². The number of aromatic carboxylic acids is 2. The van der Waals surface area contributed by atoms with Gasteiger partial charge in [0.15, 0.2) is 0 Å². The molecule has 33 heavy (non-hydrogen) atoms. The van der Waals surface area contributed by atoms with E-state index in [1.165, 1.54) is 18.4 Å². The number of unbranched alkanes of at least 4 members (excludes halogenated alkanes) is 2. The smallest absolute Gasteiger partial charge is 0.335 e. The highest BCUT2D eigenvalue weighted by molar-refractivity contribution is 7.90. The highest BCUT2D eigenvalue weighted by Gasteiger charge is 2.14. The average Bonchev–Trinajstić information content (AvgIpc) is 2.73. The molecule has 0 aliphatic rings. The number of carboxylic acid groups (broad SMARTS) is 2. The Morgan fingerprint density at radius 3 is 1.94 bits per heavy atom. The number of aryl methyl sites for hydroxylation is 2. The monoisotopic (exact) mass is 480 g/mol. The molecule has 180 valence electrons. The number of rotatable bonds is 14. The van der Waals surface area contributed by atoms with Gasteiger partial charge in [-0.25, -0.2) is 23.0 Å². The maximum atomic E-state index is 11.4. The van der Waals surface area contributed by atoms with Crippen LogP contribution in [0.1, 0.15) is 58.0 Å². The Hall–Kier alpha value is -3.12. The zero-order valence-corrected chi connectivity index (χ0v) is 19.4. The minimum absolute atomic E-state index is 0.0764. The van der Waals surface area contributed by atoms with Gasteiger partial charge < -0.3 is 20.3 Å². The number of aromatic nitrogens is 3. The molecule has 0 spiro atoms. The second-order valence-electron chi connectivity index (χ2n) is 7.56. The second-order valence-corrected chi connectivity index (χ2v) is 9.82. The lowest BCUT2D eigenvalue weighted by Gasteiger charge is -2.11. The number of carbonyl (C=O) groups is 2. The number of nitrogens with one attached hydrogen (secondary N) is 1. The summed E-state index contributed by atoms with van der Waals surface area (Å²) in [6.07, 6.45) is 4.82. The fraction of sp³-hybridized carbons (Fsp3) is 0.476. The Bertz CT molecular complexity index is 1060. The summed E-state index contributed by atoms with van der Waals surface area (Å²) in [6.45, 7) is 0.606. The largest absolute Gasteiger partial charge is 0.478 e. The maximum Gasteiger partial charge on any atom is 0.335 e. The van der Waals surface area contributed by atoms with Crippen LogP contribution < -0.4 is 5.32 Å². The van der Waals surface area contributed by atoms with Gasteiger partial charge in [-0.2, -0.15) is 9.97 Å². The van der Waals surface area contributed by atoms with E-state index in [2.05, 4.69) is 20.3 Å². The number of sulfone groups is 1. The third kappa shape index (κ3) is 9.49. The van der Waals surface area contributed by atoms with Crippen LogP contribution in [-0.2, 0) is 27.4 Å². The molecule has 0 fully saturated rings. The molecular weight excluding hydrogens is 452 g/mol. The average molecular weight is 481 g/mol. The van der Waals surface area contributed by atoms with Crippen molar-refractivity contribution >= 4 is 33.4 Å². The minimum Gasteiger partial charge on any atom is -0.478 e. The predicted molar refractivity (Wildman–Crippen MR) is 121 cm³/mol. The molecule has 0 aliphatic carbocycles. The highest BCUT2D eigenvalue weighted by Crippen LogP contribution is 2.19. The highest BCUT2D eigenvalue weighted by atomic mass is 32.2. The molecule has 11 nitrogen and oxygen atoms in total. The van der Waals surface area contributed by atoms with E-state index in [9.17, 15) is 28.2 Å². The number of hydrogen-bond acceptors (Lipinski definition) is 9. The molecule has 0 saturated heterocycles. The molecule has 0 unspecified atom stereocenters. The van der Waals surface area contributed by atoms with Crippen LogP contribution in [0.5, 0.6) is 0 Å². The van der Waals surface area contributed by atoms with Gasteiger partial charge in [-0.05, 0) is 43.9 Å². The molecule has 0 bridgehead atoms. The van der Waals surface area contributed by atoms with Gasteiger partial charge in [0.05, 0.1) is 11.1 Å². The zero-order valence-electron chi connectivity index (χ0n) is 18.6. The molecule has 12 heteroatoms. The molecular formula is C21H28N4O7S. The third-order valence-electron chi connectivity index (χ3n) is 4.58. The van der Waals surface area contributed by atoms with Gasteiger partial charge in [-0.15, -0.1) is 0 Å². The number of hydrogen-bond donors (Lipinski definition) is 3. The van der Waals surface area contributed by atoms with E-state index >= 15 is 0 Å². The fourth-order valence-corrected chi connectivity index (χ4v) is 3.73. The lowest BCUT2D eigenvalue weighted by molar-refractivity contribution is 0.0696. The first kappa shape index (κ1) is 26.1. The number of methoxy groups -OCH3 is 1. The van der Waals surface area contributed by atoms with E-state index in [-0.39, 0.29) is 28.5 Å². The Morgan fingerprint density at radius 2 is 1.45 bits per heavy atom. The van der Waals surface area contributed by atoms with Gasteiger partial charge in [0.2, 0.25) is 5.95 Å². The quantitative estimate of drug-likeness (QED) is 0.339. The SMILES string of the molecule is COCCCCc1nc(CCCCS(C)(=O)=O)nc(Nc2cc(C(=O)O)cc(C(=O)O)c2)n1. The number of carboxylic acids is 2. The Kier molecular flexibility index (Phi) is 9.67. The van der Waals surface area contributed by atoms with Gasteiger partial charge >= 0.3 is 11.9 Å². The van der Waals surface area contributed by atoms with Crippen molar-refractivity contribution < 1.29 is 33.0 Å². The van der Waals surface area contributed by atoms with Crippen LogP contribution in [0.15, 0.2) is 18.2 Å². The summed E-state index contributed by atoms with van der Waals surface area (Å²) in [5.41, 5.74) is -0.161. The van der Waals surface area contributed by atoms with E-state index in [1.807, 2.05) is 0 Å². The molecule has 0 amide bonds. The van der Waals surface area contributed by atoms with Gasteiger partial charge in [-0.1, -0.05) is 0 Å². The molecule has 1 aromatic carbocycles. The van der Waals surface area contributed by atoms with Crippen LogP contribution in [0.25, 0.3) is 0 Å². The van der Waals surface area contributed by atoms with Crippen molar-refractivity contribution in [3.63, 3.8) is 0 Å². The standard InChI is InChI=1S/C21H28N4O7S/c1-32-9-5-3-7-17-23-18(8-4-6-10-33(2,30)31)25-21(24-17)22-16-12-14(19(26)27)11-15(13-16)20(28)29/h11-13H,3-10H2,1-2H3,(H,26,27)(H,28,29)(H,22,23,24,25). The van der Waals surface area contributed by atoms with Crippen LogP contribution in [0, 0.1) is 0 Å². The van der Waals surface area contributed by atoms with Gasteiger partial charge in [-0.3, -0.25) is 0 Å². The second kappa shape index (κ2) is 12.2. The maximum absolute atomic E-state index is 11.4. The summed E-state index contributed by atoms with van der Waals surface area (Å²) in [5, 5.41) is 21.4. The molecule has 2 aromatic rings. The number of ether oxygens (including phenoxy) is 1. The lowest BCUT2D eigenvalue weighted by atomic mass is 10.1. The van der Waals surface area contributed by atoms with Crippen LogP contribution >= 0.6 is 0 Å². The summed E-state index contributed by atoms with van der Waals surface area (Å²) in [4.78, 5) is 35.9. The summed E-state index contributed by atoms with van der Waals surface area (Å²) >= 11 is 0. The van der Waals surface area contributed by atoms with Crippen molar-refractivity contribution in [2.45, 2.75) is 38.5 Å². The minimum atomic E-state index is -3.05. The van der Waals surface area contributed by atoms with Gasteiger partial charge in [0.25, 0.3) is 0 Å². The van der Waals surface area contributed by atoms with Crippen molar-refractivity contribution in [3.05, 3.63) is 41.0 Å². The Balaban J connectivity index is 2.26. The van der Waals surface area contributed by atoms with Crippen LogP contribution in [0.3, 0.4) is 0 Å². The van der Waals surface area contributed by atoms with Crippen molar-refractivity contribution in [2.75, 3.05) is 31.0 Å². The van der Waals surface area contributed by atoms with E-state index in [1.54, 1.807) is 7.11 Å². The van der Waals surface area contributed by atoms with Crippen molar-refractivity contribution in [3.8, 4) is 0 Å². The number of benzene rings is 1. The molecule has 3 N–H and O–H groups in total. The summed E-state index contributed by atoms with van der Waals surface area (Å²) in [5.74, 6) is -1.30. The molecule has 0 radical (unpaired) electrons. The van der Waals surface area contributed by atoms with Gasteiger partial charge in [0, 0.05) is 44.3 Å². The molecule has 2 rings (SSSR count). The lowest BCUT2D eigenvalue weighted by Crippen LogP contribution is -2.10. The zero-order chi connectivity index (χ0) is 24.4. The summed E-state index contributed by atoms with van der Waals surface area (Å²) in [7, 11) is -1.43. The first-order chi connectivity index (χ1) is 15.6. The third-order valence-corrected chi connectivity index (χ3v) is 5.61. The molecule has 0 aliphatic heterocycles. The fourth-order valence-electron chi connectivity index (χ4n) is 3.00. The molecule has 0 saturated carbocycles. The first-order valence-electron chi connectivity index (χ1n) is 10.4. The summed E-state index contributed by atoms with van der Waals surface area (Å²) in [6, 6.07) is 3.66. The van der Waals surface area contributed by atoms with Crippen molar-refractivity contribution in [1.29, 1.82) is 0 Å². The van der Waals surface area contributed by atoms with Crippen LogP contribution in [0.4, 0.5) is 11.6 Å². The van der Waals surface area contributed by atoms with E-state index in [0.29, 0.717) is 43.9 Å². The van der Waals surface area contributed by atoms with Crippen LogP contribution in [0.2, 0.25) is 0 Å². The molecule has 1 aromatic heterocycles. The number of anilines is 2. The van der Waals surface area contributed by atoms with Crippen LogP contribution in [-0.4, -0.2) is 71.2 Å². The molecule has 0 atom stereocenters. The normalized spacial score (nSPS) is 11.3. The topological polar surface area (TPSA) is 169 Å². The molecule has 1 heterocycles. The van der Waals surface area contributed by atoms with Crippen molar-refractivity contribution in [2.24, 2.45) is 0 Å². The van der Waals surface area contributed by atoms with Gasteiger partial charge in [0.1, 0.15) is 21.5 Å².